The highest BCUT2D eigenvalue weighted by Crippen LogP contribution is 2.34. The van der Waals surface area contributed by atoms with Crippen LogP contribution >= 0.6 is 11.6 Å². The van der Waals surface area contributed by atoms with Gasteiger partial charge in [0.25, 0.3) is 20.0 Å². The van der Waals surface area contributed by atoms with Crippen molar-refractivity contribution in [2.75, 3.05) is 6.54 Å². The molecule has 0 N–H and O–H groups in total. The third-order valence-electron chi connectivity index (χ3n) is 4.50. The lowest BCUT2D eigenvalue weighted by Gasteiger charge is -2.24. The predicted molar refractivity (Wildman–Crippen MR) is 114 cm³/mol. The zero-order valence-electron chi connectivity index (χ0n) is 16.3. The molecule has 170 valence electrons. The highest BCUT2D eigenvalue weighted by atomic mass is 35.5. The van der Waals surface area contributed by atoms with Gasteiger partial charge >= 0.3 is 6.18 Å². The second-order valence-electron chi connectivity index (χ2n) is 6.68. The molecular weight excluding hydrogens is 487 g/mol. The topological polar surface area (TPSA) is 71.5 Å². The van der Waals surface area contributed by atoms with Crippen LogP contribution in [-0.4, -0.2) is 27.1 Å². The van der Waals surface area contributed by atoms with E-state index >= 15 is 0 Å². The smallest absolute Gasteiger partial charge is 0.206 e. The number of hydrogen-bond acceptors (Lipinski definition) is 4. The van der Waals surface area contributed by atoms with Gasteiger partial charge in [-0.15, -0.1) is 11.6 Å². The molecule has 0 amide bonds. The van der Waals surface area contributed by atoms with E-state index in [-0.39, 0.29) is 19.1 Å². The van der Waals surface area contributed by atoms with Gasteiger partial charge < -0.3 is 0 Å². The van der Waals surface area contributed by atoms with Gasteiger partial charge in [-0.05, 0) is 35.9 Å². The molecule has 0 radical (unpaired) electrons. The number of rotatable bonds is 7. The summed E-state index contributed by atoms with van der Waals surface area (Å²) in [5.41, 5.74) is -1.05. The minimum Gasteiger partial charge on any atom is -0.206 e. The van der Waals surface area contributed by atoms with E-state index in [9.17, 15) is 30.0 Å². The second-order valence-corrected chi connectivity index (χ2v) is 11.2. The molecule has 3 rings (SSSR count). The number of alkyl halides is 4. The van der Waals surface area contributed by atoms with Crippen LogP contribution in [0.1, 0.15) is 16.5 Å². The standard InChI is InChI=1S/C21H17ClF3NO4S2/c22-20(16-8-7-9-17(14-16)21(23,24)25)15-26(31(27,28)18-10-3-1-4-11-18)32(29,30)19-12-5-2-6-13-19/h1-14,20H,15H2. The van der Waals surface area contributed by atoms with E-state index < -0.39 is 43.7 Å². The van der Waals surface area contributed by atoms with Gasteiger partial charge in [0.2, 0.25) is 0 Å². The van der Waals surface area contributed by atoms with Gasteiger partial charge in [0.1, 0.15) is 0 Å². The quantitative estimate of drug-likeness (QED) is 0.422. The maximum absolute atomic E-state index is 13.3. The Hall–Kier alpha value is -2.40. The summed E-state index contributed by atoms with van der Waals surface area (Å²) in [5.74, 6) is 0. The summed E-state index contributed by atoms with van der Waals surface area (Å²) in [5, 5.41) is -1.38. The van der Waals surface area contributed by atoms with Crippen molar-refractivity contribution in [1.82, 2.24) is 3.71 Å². The fourth-order valence-electron chi connectivity index (χ4n) is 2.89. The van der Waals surface area contributed by atoms with Crippen LogP contribution in [0.15, 0.2) is 94.7 Å². The Bertz CT molecular complexity index is 1210. The molecule has 0 bridgehead atoms. The van der Waals surface area contributed by atoms with Crippen molar-refractivity contribution in [2.24, 2.45) is 0 Å². The molecule has 0 fully saturated rings. The van der Waals surface area contributed by atoms with Gasteiger partial charge in [-0.2, -0.15) is 13.2 Å². The molecule has 0 aliphatic rings. The third-order valence-corrected chi connectivity index (χ3v) is 9.18. The molecule has 11 heteroatoms. The number of hydrogen-bond donors (Lipinski definition) is 0. The summed E-state index contributed by atoms with van der Waals surface area (Å²) < 4.78 is 92.4. The number of halogens is 4. The van der Waals surface area contributed by atoms with Crippen molar-refractivity contribution in [2.45, 2.75) is 21.3 Å². The zero-order valence-corrected chi connectivity index (χ0v) is 18.7. The summed E-state index contributed by atoms with van der Waals surface area (Å²) in [4.78, 5) is -0.597. The summed E-state index contributed by atoms with van der Waals surface area (Å²) in [7, 11) is -9.22. The second kappa shape index (κ2) is 9.22. The monoisotopic (exact) mass is 503 g/mol. The average molecular weight is 504 g/mol. The molecule has 3 aromatic carbocycles. The predicted octanol–water partition coefficient (Wildman–Crippen LogP) is 5.07. The first-order chi connectivity index (χ1) is 14.9. The Balaban J connectivity index is 2.08. The van der Waals surface area contributed by atoms with Crippen LogP contribution in [0.2, 0.25) is 0 Å². The Labute approximate surface area is 189 Å². The van der Waals surface area contributed by atoms with Crippen molar-refractivity contribution in [3.8, 4) is 0 Å². The normalized spacial score (nSPS) is 13.8. The maximum Gasteiger partial charge on any atom is 0.416 e. The van der Waals surface area contributed by atoms with E-state index in [0.717, 1.165) is 18.2 Å². The number of sulfonamides is 2. The molecule has 3 aromatic rings. The van der Waals surface area contributed by atoms with Gasteiger partial charge in [-0.1, -0.05) is 58.3 Å². The molecule has 1 atom stereocenters. The molecule has 5 nitrogen and oxygen atoms in total. The first kappa shape index (κ1) is 24.2. The lowest BCUT2D eigenvalue weighted by Crippen LogP contribution is -2.39. The highest BCUT2D eigenvalue weighted by molar-refractivity contribution is 8.04. The Kier molecular flexibility index (Phi) is 6.99. The molecule has 0 heterocycles. The van der Waals surface area contributed by atoms with E-state index in [1.165, 1.54) is 54.6 Å². The van der Waals surface area contributed by atoms with Gasteiger partial charge in [0.15, 0.2) is 0 Å². The van der Waals surface area contributed by atoms with Crippen molar-refractivity contribution in [3.05, 3.63) is 96.1 Å². The summed E-state index contributed by atoms with van der Waals surface area (Å²) in [6, 6.07) is 17.7. The maximum atomic E-state index is 13.3. The van der Waals surface area contributed by atoms with Crippen LogP contribution in [0.5, 0.6) is 0 Å². The van der Waals surface area contributed by atoms with Crippen molar-refractivity contribution in [3.63, 3.8) is 0 Å². The minimum atomic E-state index is -4.64. The van der Waals surface area contributed by atoms with Crippen LogP contribution in [0.4, 0.5) is 13.2 Å². The highest BCUT2D eigenvalue weighted by Gasteiger charge is 2.38. The van der Waals surface area contributed by atoms with E-state index in [1.54, 1.807) is 12.1 Å². The zero-order chi connectivity index (χ0) is 23.6. The van der Waals surface area contributed by atoms with E-state index in [1.807, 2.05) is 0 Å². The number of benzene rings is 3. The van der Waals surface area contributed by atoms with Crippen LogP contribution in [-0.2, 0) is 26.2 Å². The van der Waals surface area contributed by atoms with Gasteiger partial charge in [0, 0.05) is 0 Å². The van der Waals surface area contributed by atoms with E-state index in [4.69, 9.17) is 11.6 Å². The molecule has 0 aliphatic carbocycles. The van der Waals surface area contributed by atoms with Crippen molar-refractivity contribution >= 4 is 31.6 Å². The van der Waals surface area contributed by atoms with E-state index in [2.05, 4.69) is 0 Å². The first-order valence-electron chi connectivity index (χ1n) is 9.13. The lowest BCUT2D eigenvalue weighted by molar-refractivity contribution is -0.137. The molecular formula is C21H17ClF3NO4S2. The van der Waals surface area contributed by atoms with E-state index in [0.29, 0.717) is 0 Å². The van der Waals surface area contributed by atoms with Gasteiger partial charge in [-0.25, -0.2) is 16.8 Å². The van der Waals surface area contributed by atoms with Crippen molar-refractivity contribution < 1.29 is 30.0 Å². The summed E-state index contributed by atoms with van der Waals surface area (Å²) in [6.07, 6.45) is -4.64. The molecule has 32 heavy (non-hydrogen) atoms. The minimum absolute atomic E-state index is 0.0713. The lowest BCUT2D eigenvalue weighted by atomic mass is 10.1. The molecule has 0 saturated carbocycles. The third kappa shape index (κ3) is 5.15. The molecule has 0 aliphatic heterocycles. The first-order valence-corrected chi connectivity index (χ1v) is 12.4. The fraction of sp³-hybridized carbons (Fsp3) is 0.143. The van der Waals surface area contributed by atoms with Crippen LogP contribution in [0.25, 0.3) is 0 Å². The van der Waals surface area contributed by atoms with Crippen LogP contribution in [0, 0.1) is 0 Å². The van der Waals surface area contributed by atoms with Crippen molar-refractivity contribution in [1.29, 1.82) is 0 Å². The Morgan fingerprint density at radius 3 is 1.66 bits per heavy atom. The van der Waals surface area contributed by atoms with Gasteiger partial charge in [-0.3, -0.25) is 0 Å². The fourth-order valence-corrected chi connectivity index (χ4v) is 7.04. The Morgan fingerprint density at radius 2 is 1.22 bits per heavy atom. The van der Waals surface area contributed by atoms with Gasteiger partial charge in [0.05, 0.1) is 27.3 Å². The SMILES string of the molecule is O=S(=O)(c1ccccc1)N(CC(Cl)c1cccc(C(F)(F)F)c1)S(=O)(=O)c1ccccc1. The van der Waals surface area contributed by atoms with Crippen LogP contribution < -0.4 is 0 Å². The molecule has 0 saturated heterocycles. The molecule has 1 unspecified atom stereocenters. The largest absolute Gasteiger partial charge is 0.416 e. The summed E-state index contributed by atoms with van der Waals surface area (Å²) >= 11 is 6.27. The number of nitrogens with zero attached hydrogens (tertiary/aromatic N) is 1. The molecule has 0 aromatic heterocycles. The summed E-state index contributed by atoms with van der Waals surface area (Å²) in [6.45, 7) is -0.808. The molecule has 0 spiro atoms. The average Bonchev–Trinajstić information content (AvgIpc) is 2.77. The van der Waals surface area contributed by atoms with Crippen LogP contribution in [0.3, 0.4) is 0 Å². The Morgan fingerprint density at radius 1 is 0.750 bits per heavy atom.